The summed E-state index contributed by atoms with van der Waals surface area (Å²) in [6, 6.07) is 4.44. The molecule has 0 spiro atoms. The van der Waals surface area contributed by atoms with Gasteiger partial charge in [-0.1, -0.05) is 0 Å². The van der Waals surface area contributed by atoms with E-state index in [9.17, 15) is 0 Å². The van der Waals surface area contributed by atoms with Crippen molar-refractivity contribution in [3.05, 3.63) is 30.1 Å². The first kappa shape index (κ1) is 10.2. The van der Waals surface area contributed by atoms with Crippen LogP contribution in [0.3, 0.4) is 0 Å². The molecule has 0 saturated carbocycles. The summed E-state index contributed by atoms with van der Waals surface area (Å²) in [5.74, 6) is 0. The molecule has 1 unspecified atom stereocenters. The standard InChI is InChI=1S/C10H16N2O/c1-11-10(8-13-2)7-9-3-5-12-6-4-9/h3-6,10-11H,7-8H2,1-2H3. The predicted molar refractivity (Wildman–Crippen MR) is 52.7 cm³/mol. The van der Waals surface area contributed by atoms with Crippen LogP contribution >= 0.6 is 0 Å². The normalized spacial score (nSPS) is 12.8. The molecule has 1 N–H and O–H groups in total. The quantitative estimate of drug-likeness (QED) is 0.729. The fraction of sp³-hybridized carbons (Fsp3) is 0.500. The Bertz CT molecular complexity index is 226. The first-order valence-corrected chi connectivity index (χ1v) is 4.42. The summed E-state index contributed by atoms with van der Waals surface area (Å²) in [6.45, 7) is 0.735. The largest absolute Gasteiger partial charge is 0.383 e. The van der Waals surface area contributed by atoms with Gasteiger partial charge in [0.1, 0.15) is 0 Å². The zero-order valence-electron chi connectivity index (χ0n) is 8.16. The summed E-state index contributed by atoms with van der Waals surface area (Å²) in [6.07, 6.45) is 4.61. The maximum absolute atomic E-state index is 5.09. The fourth-order valence-corrected chi connectivity index (χ4v) is 1.25. The highest BCUT2D eigenvalue weighted by Gasteiger charge is 2.05. The van der Waals surface area contributed by atoms with Crippen molar-refractivity contribution < 1.29 is 4.74 Å². The SMILES string of the molecule is CNC(COC)Cc1ccncc1. The Balaban J connectivity index is 2.46. The first-order valence-electron chi connectivity index (χ1n) is 4.42. The maximum Gasteiger partial charge on any atom is 0.0618 e. The summed E-state index contributed by atoms with van der Waals surface area (Å²) in [4.78, 5) is 3.97. The fourth-order valence-electron chi connectivity index (χ4n) is 1.25. The predicted octanol–water partition coefficient (Wildman–Crippen LogP) is 0.858. The topological polar surface area (TPSA) is 34.1 Å². The number of nitrogens with one attached hydrogen (secondary N) is 1. The Kier molecular flexibility index (Phi) is 4.43. The number of rotatable bonds is 5. The number of ether oxygens (including phenoxy) is 1. The van der Waals surface area contributed by atoms with Gasteiger partial charge in [-0.05, 0) is 31.2 Å². The molecule has 0 amide bonds. The molecule has 0 aliphatic rings. The smallest absolute Gasteiger partial charge is 0.0618 e. The highest BCUT2D eigenvalue weighted by atomic mass is 16.5. The molecule has 0 aliphatic heterocycles. The van der Waals surface area contributed by atoms with Gasteiger partial charge >= 0.3 is 0 Å². The maximum atomic E-state index is 5.09. The third-order valence-electron chi connectivity index (χ3n) is 2.01. The lowest BCUT2D eigenvalue weighted by molar-refractivity contribution is 0.169. The average Bonchev–Trinajstić information content (AvgIpc) is 2.19. The Morgan fingerprint density at radius 3 is 2.69 bits per heavy atom. The zero-order valence-corrected chi connectivity index (χ0v) is 8.16. The van der Waals surface area contributed by atoms with Gasteiger partial charge in [-0.25, -0.2) is 0 Å². The van der Waals surface area contributed by atoms with Gasteiger partial charge in [0, 0.05) is 25.5 Å². The average molecular weight is 180 g/mol. The van der Waals surface area contributed by atoms with Crippen LogP contribution in [0, 0.1) is 0 Å². The van der Waals surface area contributed by atoms with Crippen molar-refractivity contribution in [2.24, 2.45) is 0 Å². The van der Waals surface area contributed by atoms with Gasteiger partial charge in [-0.3, -0.25) is 4.98 Å². The molecular weight excluding hydrogens is 164 g/mol. The minimum atomic E-state index is 0.382. The number of hydrogen-bond donors (Lipinski definition) is 1. The lowest BCUT2D eigenvalue weighted by Gasteiger charge is -2.14. The summed E-state index contributed by atoms with van der Waals surface area (Å²) in [5.41, 5.74) is 1.28. The molecule has 0 fully saturated rings. The van der Waals surface area contributed by atoms with Gasteiger partial charge in [0.2, 0.25) is 0 Å². The summed E-state index contributed by atoms with van der Waals surface area (Å²) in [5, 5.41) is 3.21. The number of likely N-dealkylation sites (N-methyl/N-ethyl adjacent to an activating group) is 1. The molecular formula is C10H16N2O. The van der Waals surface area contributed by atoms with Crippen molar-refractivity contribution in [1.29, 1.82) is 0 Å². The summed E-state index contributed by atoms with van der Waals surface area (Å²) >= 11 is 0. The number of hydrogen-bond acceptors (Lipinski definition) is 3. The van der Waals surface area contributed by atoms with Crippen LogP contribution in [0.4, 0.5) is 0 Å². The second-order valence-electron chi connectivity index (χ2n) is 3.00. The Morgan fingerprint density at radius 2 is 2.15 bits per heavy atom. The Hall–Kier alpha value is -0.930. The van der Waals surface area contributed by atoms with Crippen LogP contribution in [-0.4, -0.2) is 31.8 Å². The zero-order chi connectivity index (χ0) is 9.52. The van der Waals surface area contributed by atoms with E-state index in [0.717, 1.165) is 13.0 Å². The molecule has 0 saturated heterocycles. The minimum absolute atomic E-state index is 0.382. The highest BCUT2D eigenvalue weighted by molar-refractivity contribution is 5.11. The van der Waals surface area contributed by atoms with Crippen LogP contribution < -0.4 is 5.32 Å². The first-order chi connectivity index (χ1) is 6.36. The molecule has 13 heavy (non-hydrogen) atoms. The molecule has 0 bridgehead atoms. The van der Waals surface area contributed by atoms with Crippen molar-refractivity contribution in [2.75, 3.05) is 20.8 Å². The molecule has 0 aliphatic carbocycles. The second-order valence-corrected chi connectivity index (χ2v) is 3.00. The van der Waals surface area contributed by atoms with E-state index < -0.39 is 0 Å². The molecule has 3 nitrogen and oxygen atoms in total. The number of aromatic nitrogens is 1. The van der Waals surface area contributed by atoms with Gasteiger partial charge in [-0.2, -0.15) is 0 Å². The summed E-state index contributed by atoms with van der Waals surface area (Å²) in [7, 11) is 3.67. The molecule has 1 aromatic rings. The number of pyridine rings is 1. The van der Waals surface area contributed by atoms with Crippen LogP contribution in [0.1, 0.15) is 5.56 Å². The Labute approximate surface area is 79.1 Å². The lowest BCUT2D eigenvalue weighted by atomic mass is 10.1. The van der Waals surface area contributed by atoms with E-state index in [1.165, 1.54) is 5.56 Å². The number of nitrogens with zero attached hydrogens (tertiary/aromatic N) is 1. The van der Waals surface area contributed by atoms with Crippen LogP contribution in [0.25, 0.3) is 0 Å². The van der Waals surface area contributed by atoms with Crippen molar-refractivity contribution in [1.82, 2.24) is 10.3 Å². The van der Waals surface area contributed by atoms with E-state index in [2.05, 4.69) is 10.3 Å². The third-order valence-corrected chi connectivity index (χ3v) is 2.01. The molecule has 72 valence electrons. The van der Waals surface area contributed by atoms with E-state index >= 15 is 0 Å². The molecule has 0 radical (unpaired) electrons. The molecule has 1 atom stereocenters. The van der Waals surface area contributed by atoms with Gasteiger partial charge in [-0.15, -0.1) is 0 Å². The van der Waals surface area contributed by atoms with Crippen molar-refractivity contribution in [2.45, 2.75) is 12.5 Å². The van der Waals surface area contributed by atoms with Crippen LogP contribution in [0.15, 0.2) is 24.5 Å². The summed E-state index contributed by atoms with van der Waals surface area (Å²) < 4.78 is 5.09. The van der Waals surface area contributed by atoms with E-state index in [-0.39, 0.29) is 0 Å². The molecule has 0 aromatic carbocycles. The minimum Gasteiger partial charge on any atom is -0.383 e. The number of methoxy groups -OCH3 is 1. The monoisotopic (exact) mass is 180 g/mol. The van der Waals surface area contributed by atoms with Crippen molar-refractivity contribution in [3.8, 4) is 0 Å². The van der Waals surface area contributed by atoms with E-state index in [1.807, 2.05) is 31.6 Å². The third kappa shape index (κ3) is 3.53. The molecule has 1 rings (SSSR count). The molecule has 3 heteroatoms. The van der Waals surface area contributed by atoms with Crippen LogP contribution in [-0.2, 0) is 11.2 Å². The van der Waals surface area contributed by atoms with E-state index in [1.54, 1.807) is 7.11 Å². The van der Waals surface area contributed by atoms with Crippen molar-refractivity contribution in [3.63, 3.8) is 0 Å². The van der Waals surface area contributed by atoms with Gasteiger partial charge in [0.05, 0.1) is 6.61 Å². The van der Waals surface area contributed by atoms with Crippen molar-refractivity contribution >= 4 is 0 Å². The molecule has 1 aromatic heterocycles. The van der Waals surface area contributed by atoms with Gasteiger partial charge in [0.15, 0.2) is 0 Å². The lowest BCUT2D eigenvalue weighted by Crippen LogP contribution is -2.32. The van der Waals surface area contributed by atoms with Crippen LogP contribution in [0.5, 0.6) is 0 Å². The second kappa shape index (κ2) is 5.67. The van der Waals surface area contributed by atoms with Crippen LogP contribution in [0.2, 0.25) is 0 Å². The highest BCUT2D eigenvalue weighted by Crippen LogP contribution is 2.01. The van der Waals surface area contributed by atoms with Gasteiger partial charge in [0.25, 0.3) is 0 Å². The van der Waals surface area contributed by atoms with E-state index in [4.69, 9.17) is 4.74 Å². The van der Waals surface area contributed by atoms with Gasteiger partial charge < -0.3 is 10.1 Å². The molecule has 1 heterocycles. The van der Waals surface area contributed by atoms with E-state index in [0.29, 0.717) is 6.04 Å². The Morgan fingerprint density at radius 1 is 1.46 bits per heavy atom.